The van der Waals surface area contributed by atoms with Crippen LogP contribution >= 0.6 is 0 Å². The van der Waals surface area contributed by atoms with E-state index in [4.69, 9.17) is 15.2 Å². The van der Waals surface area contributed by atoms with Gasteiger partial charge in [-0.3, -0.25) is 19.2 Å². The standard InChI is InChI=1S/C29H44N4O7/c1-8-39-23(35)14-15-31-26(36)25(24-17(2)10-9-11-18(24)3)33(21-16-19(21)4)27(37)20(12-13-22(30)34)32-28(38)40-29(5,6)7/h9-11,19-21,25H,8,12-16H2,1-7H3,(H2,30,34)(H,31,36)(H,32,38). The molecule has 0 bridgehead atoms. The third-order valence-electron chi connectivity index (χ3n) is 6.62. The molecule has 0 spiro atoms. The van der Waals surface area contributed by atoms with Crippen LogP contribution in [0.4, 0.5) is 4.79 Å². The molecule has 40 heavy (non-hydrogen) atoms. The fraction of sp³-hybridized carbons (Fsp3) is 0.621. The van der Waals surface area contributed by atoms with Crippen LogP contribution in [0.15, 0.2) is 18.2 Å². The molecule has 0 aliphatic heterocycles. The summed E-state index contributed by atoms with van der Waals surface area (Å²) in [6.45, 7) is 12.8. The van der Waals surface area contributed by atoms with Crippen molar-refractivity contribution in [1.82, 2.24) is 15.5 Å². The first-order valence-electron chi connectivity index (χ1n) is 13.8. The second-order valence-corrected chi connectivity index (χ2v) is 11.3. The second-order valence-electron chi connectivity index (χ2n) is 11.3. The number of nitrogens with one attached hydrogen (secondary N) is 2. The molecule has 2 rings (SSSR count). The molecule has 1 fully saturated rings. The summed E-state index contributed by atoms with van der Waals surface area (Å²) in [5.74, 6) is -1.93. The van der Waals surface area contributed by atoms with Gasteiger partial charge in [0, 0.05) is 19.0 Å². The van der Waals surface area contributed by atoms with Gasteiger partial charge in [0.2, 0.25) is 17.7 Å². The number of aryl methyl sites for hydroxylation is 2. The lowest BCUT2D eigenvalue weighted by molar-refractivity contribution is -0.145. The molecule has 1 aliphatic rings. The molecule has 0 radical (unpaired) electrons. The van der Waals surface area contributed by atoms with Crippen LogP contribution in [0.3, 0.4) is 0 Å². The summed E-state index contributed by atoms with van der Waals surface area (Å²) in [5, 5.41) is 5.40. The molecule has 1 aromatic rings. The number of ether oxygens (including phenoxy) is 2. The quantitative estimate of drug-likeness (QED) is 0.313. The Labute approximate surface area is 236 Å². The third kappa shape index (κ3) is 9.53. The van der Waals surface area contributed by atoms with Crippen LogP contribution < -0.4 is 16.4 Å². The summed E-state index contributed by atoms with van der Waals surface area (Å²) >= 11 is 0. The minimum absolute atomic E-state index is 0.0196. The van der Waals surface area contributed by atoms with Crippen LogP contribution in [0.1, 0.15) is 83.0 Å². The van der Waals surface area contributed by atoms with Crippen molar-refractivity contribution >= 4 is 29.8 Å². The average Bonchev–Trinajstić information content (AvgIpc) is 3.55. The number of esters is 1. The zero-order valence-corrected chi connectivity index (χ0v) is 24.7. The highest BCUT2D eigenvalue weighted by Crippen LogP contribution is 2.42. The lowest BCUT2D eigenvalue weighted by Crippen LogP contribution is -2.54. The number of amides is 4. The zero-order chi connectivity index (χ0) is 30.2. The largest absolute Gasteiger partial charge is 0.466 e. The number of carbonyl (C=O) groups is 5. The molecule has 0 heterocycles. The van der Waals surface area contributed by atoms with Crippen molar-refractivity contribution in [3.05, 3.63) is 34.9 Å². The van der Waals surface area contributed by atoms with Gasteiger partial charge < -0.3 is 30.7 Å². The number of nitrogens with two attached hydrogens (primary N) is 1. The molecule has 4 amide bonds. The Bertz CT molecular complexity index is 1080. The Morgan fingerprint density at radius 3 is 2.20 bits per heavy atom. The van der Waals surface area contributed by atoms with Crippen molar-refractivity contribution in [2.75, 3.05) is 13.2 Å². The van der Waals surface area contributed by atoms with Gasteiger partial charge in [-0.05, 0) is 77.0 Å². The van der Waals surface area contributed by atoms with Crippen LogP contribution in [-0.4, -0.2) is 65.5 Å². The fourth-order valence-corrected chi connectivity index (χ4v) is 4.62. The number of benzene rings is 1. The van der Waals surface area contributed by atoms with E-state index in [1.807, 2.05) is 39.0 Å². The van der Waals surface area contributed by atoms with E-state index in [1.165, 1.54) is 4.90 Å². The second kappa shape index (κ2) is 14.1. The highest BCUT2D eigenvalue weighted by molar-refractivity contribution is 5.93. The van der Waals surface area contributed by atoms with Crippen molar-refractivity contribution in [3.8, 4) is 0 Å². The average molecular weight is 561 g/mol. The molecule has 1 saturated carbocycles. The molecule has 4 unspecified atom stereocenters. The van der Waals surface area contributed by atoms with E-state index in [-0.39, 0.29) is 44.4 Å². The maximum absolute atomic E-state index is 14.2. The number of hydrogen-bond donors (Lipinski definition) is 3. The lowest BCUT2D eigenvalue weighted by atomic mass is 9.93. The number of primary amides is 1. The monoisotopic (exact) mass is 560 g/mol. The van der Waals surface area contributed by atoms with Gasteiger partial charge in [-0.25, -0.2) is 4.79 Å². The number of hydrogen-bond acceptors (Lipinski definition) is 7. The van der Waals surface area contributed by atoms with Crippen LogP contribution in [0.2, 0.25) is 0 Å². The zero-order valence-electron chi connectivity index (χ0n) is 24.7. The highest BCUT2D eigenvalue weighted by atomic mass is 16.6. The number of carbonyl (C=O) groups excluding carboxylic acids is 5. The van der Waals surface area contributed by atoms with E-state index in [0.717, 1.165) is 11.1 Å². The summed E-state index contributed by atoms with van der Waals surface area (Å²) in [7, 11) is 0. The summed E-state index contributed by atoms with van der Waals surface area (Å²) < 4.78 is 10.3. The Morgan fingerprint density at radius 2 is 1.70 bits per heavy atom. The van der Waals surface area contributed by atoms with E-state index in [0.29, 0.717) is 12.0 Å². The van der Waals surface area contributed by atoms with Gasteiger partial charge in [-0.1, -0.05) is 25.1 Å². The first-order valence-corrected chi connectivity index (χ1v) is 13.8. The maximum Gasteiger partial charge on any atom is 0.408 e. The van der Waals surface area contributed by atoms with Gasteiger partial charge in [0.05, 0.1) is 13.0 Å². The molecular formula is C29H44N4O7. The third-order valence-corrected chi connectivity index (χ3v) is 6.62. The topological polar surface area (TPSA) is 157 Å². The van der Waals surface area contributed by atoms with Gasteiger partial charge in [0.15, 0.2) is 0 Å². The van der Waals surface area contributed by atoms with Gasteiger partial charge >= 0.3 is 12.1 Å². The van der Waals surface area contributed by atoms with Gasteiger partial charge in [-0.2, -0.15) is 0 Å². The SMILES string of the molecule is CCOC(=O)CCNC(=O)C(c1c(C)cccc1C)N(C(=O)C(CCC(N)=O)NC(=O)OC(C)(C)C)C1CC1C. The summed E-state index contributed by atoms with van der Waals surface area (Å²) in [4.78, 5) is 65.8. The predicted molar refractivity (Wildman–Crippen MR) is 149 cm³/mol. The Kier molecular flexibility index (Phi) is 11.5. The van der Waals surface area contributed by atoms with Crippen molar-refractivity contribution < 1.29 is 33.4 Å². The van der Waals surface area contributed by atoms with Gasteiger partial charge in [-0.15, -0.1) is 0 Å². The van der Waals surface area contributed by atoms with E-state index in [9.17, 15) is 24.0 Å². The van der Waals surface area contributed by atoms with Crippen molar-refractivity contribution in [3.63, 3.8) is 0 Å². The van der Waals surface area contributed by atoms with E-state index < -0.39 is 47.5 Å². The Morgan fingerprint density at radius 1 is 1.10 bits per heavy atom. The van der Waals surface area contributed by atoms with E-state index >= 15 is 0 Å². The van der Waals surface area contributed by atoms with Gasteiger partial charge in [0.1, 0.15) is 17.7 Å². The van der Waals surface area contributed by atoms with E-state index in [2.05, 4.69) is 10.6 Å². The van der Waals surface area contributed by atoms with Crippen molar-refractivity contribution in [1.29, 1.82) is 0 Å². The van der Waals surface area contributed by atoms with Crippen molar-refractivity contribution in [2.24, 2.45) is 11.7 Å². The molecule has 4 atom stereocenters. The molecule has 11 nitrogen and oxygen atoms in total. The van der Waals surface area contributed by atoms with Crippen LogP contribution in [-0.2, 0) is 28.7 Å². The number of alkyl carbamates (subject to hydrolysis) is 1. The predicted octanol–water partition coefficient (Wildman–Crippen LogP) is 2.81. The summed E-state index contributed by atoms with van der Waals surface area (Å²) in [6.07, 6.45) is -0.386. The van der Waals surface area contributed by atoms with E-state index in [1.54, 1.807) is 27.7 Å². The molecule has 0 saturated heterocycles. The number of nitrogens with zero attached hydrogens (tertiary/aromatic N) is 1. The Hall–Kier alpha value is -3.63. The summed E-state index contributed by atoms with van der Waals surface area (Å²) in [6, 6.07) is 3.13. The van der Waals surface area contributed by atoms with Crippen LogP contribution in [0.25, 0.3) is 0 Å². The van der Waals surface area contributed by atoms with Crippen molar-refractivity contribution in [2.45, 2.75) is 97.9 Å². The minimum Gasteiger partial charge on any atom is -0.466 e. The lowest BCUT2D eigenvalue weighted by Gasteiger charge is -2.36. The first-order chi connectivity index (χ1) is 18.7. The Balaban J connectivity index is 2.50. The molecular weight excluding hydrogens is 516 g/mol. The van der Waals surface area contributed by atoms with Crippen LogP contribution in [0, 0.1) is 19.8 Å². The molecule has 222 valence electrons. The van der Waals surface area contributed by atoms with Gasteiger partial charge in [0.25, 0.3) is 0 Å². The molecule has 4 N–H and O–H groups in total. The summed E-state index contributed by atoms with van der Waals surface area (Å²) in [5.41, 5.74) is 6.84. The first kappa shape index (κ1) is 32.6. The normalized spacial score (nSPS) is 17.7. The number of rotatable bonds is 13. The molecule has 0 aromatic heterocycles. The molecule has 11 heteroatoms. The molecule has 1 aromatic carbocycles. The minimum atomic E-state index is -1.16. The van der Waals surface area contributed by atoms with Crippen LogP contribution in [0.5, 0.6) is 0 Å². The fourth-order valence-electron chi connectivity index (χ4n) is 4.62. The molecule has 1 aliphatic carbocycles. The highest BCUT2D eigenvalue weighted by Gasteiger charge is 2.48. The smallest absolute Gasteiger partial charge is 0.408 e. The maximum atomic E-state index is 14.2.